The maximum atomic E-state index is 13.3. The van der Waals surface area contributed by atoms with Crippen LogP contribution < -0.4 is 0 Å². The number of carbonyl (C=O) groups excluding carboxylic acids is 3. The number of ketones is 1. The van der Waals surface area contributed by atoms with Crippen LogP contribution >= 0.6 is 0 Å². The molecule has 11 nitrogen and oxygen atoms in total. The van der Waals surface area contributed by atoms with E-state index in [1.54, 1.807) is 34.1 Å². The summed E-state index contributed by atoms with van der Waals surface area (Å²) < 4.78 is 0. The molecule has 4 aromatic rings. The first kappa shape index (κ1) is 20.2. The van der Waals surface area contributed by atoms with Crippen LogP contribution in [0.4, 0.5) is 0 Å². The van der Waals surface area contributed by atoms with E-state index >= 15 is 0 Å². The smallest absolute Gasteiger partial charge is 0.295 e. The Kier molecular flexibility index (Phi) is 4.51. The molecule has 0 bridgehead atoms. The maximum Gasteiger partial charge on any atom is 0.295 e. The Morgan fingerprint density at radius 3 is 2.56 bits per heavy atom. The first-order valence-electron chi connectivity index (χ1n) is 11.0. The topological polar surface area (TPSA) is 141 Å². The Hall–Kier alpha value is -4.41. The van der Waals surface area contributed by atoms with Crippen molar-refractivity contribution in [2.45, 2.75) is 18.4 Å². The minimum Gasteiger partial charge on any atom is -0.345 e. The SMILES string of the molecule is O=C(C(=O)N1CCN(C(=O)c2ccccc2)CC12CC2)c1c[nH]c2nc(-c3nn[nH]n3)ccc12. The van der Waals surface area contributed by atoms with E-state index in [0.717, 1.165) is 12.8 Å². The van der Waals surface area contributed by atoms with Crippen LogP contribution in [-0.2, 0) is 4.79 Å². The number of hydrogen-bond acceptors (Lipinski definition) is 7. The molecule has 0 unspecified atom stereocenters. The van der Waals surface area contributed by atoms with Crippen LogP contribution in [0.1, 0.15) is 33.6 Å². The zero-order chi connectivity index (χ0) is 23.3. The molecule has 11 heteroatoms. The predicted molar refractivity (Wildman–Crippen MR) is 120 cm³/mol. The molecule has 3 aromatic heterocycles. The van der Waals surface area contributed by atoms with E-state index in [9.17, 15) is 14.4 Å². The molecule has 34 heavy (non-hydrogen) atoms. The van der Waals surface area contributed by atoms with E-state index in [1.165, 1.54) is 6.20 Å². The largest absolute Gasteiger partial charge is 0.345 e. The number of pyridine rings is 1. The molecule has 0 radical (unpaired) electrons. The third kappa shape index (κ3) is 3.24. The molecule has 1 aliphatic carbocycles. The van der Waals surface area contributed by atoms with Crippen molar-refractivity contribution in [3.8, 4) is 11.5 Å². The monoisotopic (exact) mass is 456 g/mol. The average Bonchev–Trinajstić information content (AvgIpc) is 3.28. The Labute approximate surface area is 193 Å². The van der Waals surface area contributed by atoms with Crippen LogP contribution in [0.25, 0.3) is 22.6 Å². The number of aromatic amines is 2. The molecular formula is C23H20N8O3. The Bertz CT molecular complexity index is 1410. The van der Waals surface area contributed by atoms with Gasteiger partial charge in [0.1, 0.15) is 11.3 Å². The number of Topliss-reactive ketones (excluding diaryl/α,β-unsaturated/α-hetero) is 1. The lowest BCUT2D eigenvalue weighted by molar-refractivity contribution is -0.131. The number of carbonyl (C=O) groups is 3. The lowest BCUT2D eigenvalue weighted by atomic mass is 10.0. The van der Waals surface area contributed by atoms with Crippen molar-refractivity contribution in [1.29, 1.82) is 0 Å². The summed E-state index contributed by atoms with van der Waals surface area (Å²) in [6.07, 6.45) is 3.05. The van der Waals surface area contributed by atoms with Gasteiger partial charge in [0.05, 0.1) is 11.1 Å². The number of hydrogen-bond donors (Lipinski definition) is 2. The summed E-state index contributed by atoms with van der Waals surface area (Å²) in [5, 5.41) is 14.3. The number of benzene rings is 1. The van der Waals surface area contributed by atoms with Gasteiger partial charge in [0.25, 0.3) is 17.6 Å². The number of fused-ring (bicyclic) bond motifs is 1. The number of aromatic nitrogens is 6. The molecule has 2 amide bonds. The quantitative estimate of drug-likeness (QED) is 0.350. The van der Waals surface area contributed by atoms with E-state index in [4.69, 9.17) is 0 Å². The second kappa shape index (κ2) is 7.58. The zero-order valence-corrected chi connectivity index (χ0v) is 18.1. The highest BCUT2D eigenvalue weighted by atomic mass is 16.2. The van der Waals surface area contributed by atoms with E-state index in [2.05, 4.69) is 30.6 Å². The molecule has 1 saturated heterocycles. The highest BCUT2D eigenvalue weighted by molar-refractivity contribution is 6.45. The van der Waals surface area contributed by atoms with Crippen molar-refractivity contribution in [3.05, 3.63) is 59.8 Å². The van der Waals surface area contributed by atoms with E-state index in [-0.39, 0.29) is 11.5 Å². The van der Waals surface area contributed by atoms with Crippen molar-refractivity contribution in [2.24, 2.45) is 0 Å². The van der Waals surface area contributed by atoms with Crippen LogP contribution in [-0.4, -0.2) is 83.2 Å². The van der Waals surface area contributed by atoms with Crippen LogP contribution in [0.15, 0.2) is 48.7 Å². The van der Waals surface area contributed by atoms with Gasteiger partial charge in [0, 0.05) is 36.8 Å². The molecule has 2 aliphatic rings. The van der Waals surface area contributed by atoms with Crippen molar-refractivity contribution in [2.75, 3.05) is 19.6 Å². The Morgan fingerprint density at radius 1 is 1.00 bits per heavy atom. The normalized spacial score (nSPS) is 16.7. The minimum atomic E-state index is -0.588. The van der Waals surface area contributed by atoms with Gasteiger partial charge in [-0.25, -0.2) is 4.98 Å². The zero-order valence-electron chi connectivity index (χ0n) is 18.1. The highest BCUT2D eigenvalue weighted by Gasteiger charge is 2.55. The second-order valence-corrected chi connectivity index (χ2v) is 8.63. The Balaban J connectivity index is 1.22. The predicted octanol–water partition coefficient (Wildman–Crippen LogP) is 1.44. The molecule has 4 heterocycles. The molecule has 6 rings (SSSR count). The molecule has 1 aliphatic heterocycles. The van der Waals surface area contributed by atoms with Gasteiger partial charge >= 0.3 is 0 Å². The summed E-state index contributed by atoms with van der Waals surface area (Å²) in [7, 11) is 0. The van der Waals surface area contributed by atoms with Gasteiger partial charge in [-0.05, 0) is 42.3 Å². The van der Waals surface area contributed by atoms with Gasteiger partial charge in [-0.2, -0.15) is 5.21 Å². The maximum absolute atomic E-state index is 13.3. The van der Waals surface area contributed by atoms with E-state index < -0.39 is 17.2 Å². The lowest BCUT2D eigenvalue weighted by Gasteiger charge is -2.41. The fraction of sp³-hybridized carbons (Fsp3) is 0.261. The highest BCUT2D eigenvalue weighted by Crippen LogP contribution is 2.45. The van der Waals surface area contributed by atoms with Gasteiger partial charge in [-0.15, -0.1) is 10.2 Å². The van der Waals surface area contributed by atoms with E-state index in [0.29, 0.717) is 47.7 Å². The van der Waals surface area contributed by atoms with Crippen LogP contribution in [0.3, 0.4) is 0 Å². The number of tetrazole rings is 1. The summed E-state index contributed by atoms with van der Waals surface area (Å²) in [4.78, 5) is 50.3. The van der Waals surface area contributed by atoms with Gasteiger partial charge in [-0.3, -0.25) is 14.4 Å². The molecular weight excluding hydrogens is 436 g/mol. The lowest BCUT2D eigenvalue weighted by Crippen LogP contribution is -2.59. The number of nitrogens with zero attached hydrogens (tertiary/aromatic N) is 6. The fourth-order valence-corrected chi connectivity index (χ4v) is 4.63. The molecule has 2 N–H and O–H groups in total. The van der Waals surface area contributed by atoms with Crippen molar-refractivity contribution in [3.63, 3.8) is 0 Å². The van der Waals surface area contributed by atoms with Crippen LogP contribution in [0.2, 0.25) is 0 Å². The number of amides is 2. The third-order valence-electron chi connectivity index (χ3n) is 6.58. The van der Waals surface area contributed by atoms with Gasteiger partial charge in [-0.1, -0.05) is 18.2 Å². The van der Waals surface area contributed by atoms with Gasteiger partial charge < -0.3 is 14.8 Å². The Morgan fingerprint density at radius 2 is 1.82 bits per heavy atom. The summed E-state index contributed by atoms with van der Waals surface area (Å²) in [6, 6.07) is 12.5. The van der Waals surface area contributed by atoms with Crippen LogP contribution in [0, 0.1) is 0 Å². The summed E-state index contributed by atoms with van der Waals surface area (Å²) in [6.45, 7) is 1.15. The van der Waals surface area contributed by atoms with Gasteiger partial charge in [0.2, 0.25) is 5.82 Å². The van der Waals surface area contributed by atoms with Gasteiger partial charge in [0.15, 0.2) is 0 Å². The molecule has 2 fully saturated rings. The van der Waals surface area contributed by atoms with Crippen LogP contribution in [0.5, 0.6) is 0 Å². The molecule has 0 atom stereocenters. The van der Waals surface area contributed by atoms with E-state index in [1.807, 2.05) is 18.2 Å². The van der Waals surface area contributed by atoms with Crippen molar-refractivity contribution >= 4 is 28.6 Å². The fourth-order valence-electron chi connectivity index (χ4n) is 4.63. The second-order valence-electron chi connectivity index (χ2n) is 8.63. The molecule has 1 spiro atoms. The first-order chi connectivity index (χ1) is 16.6. The number of piperazine rings is 1. The number of rotatable bonds is 4. The average molecular weight is 456 g/mol. The summed E-state index contributed by atoms with van der Waals surface area (Å²) >= 11 is 0. The third-order valence-corrected chi connectivity index (χ3v) is 6.58. The number of H-pyrrole nitrogens is 2. The standard InChI is InChI=1S/C23H20N8O3/c32-18(16-12-24-19-15(16)6-7-17(25-19)20-26-28-29-27-20)22(34)31-11-10-30(13-23(31)8-9-23)21(33)14-4-2-1-3-5-14/h1-7,12H,8-11,13H2,(H,24,25)(H,26,27,28,29). The van der Waals surface area contributed by atoms with Crippen molar-refractivity contribution < 1.29 is 14.4 Å². The molecule has 170 valence electrons. The molecule has 1 saturated carbocycles. The number of nitrogens with one attached hydrogen (secondary N) is 2. The minimum absolute atomic E-state index is 0.0505. The first-order valence-corrected chi connectivity index (χ1v) is 11.0. The molecule has 1 aromatic carbocycles. The summed E-state index contributed by atoms with van der Waals surface area (Å²) in [5.74, 6) is -0.855. The van der Waals surface area contributed by atoms with Crippen molar-refractivity contribution in [1.82, 2.24) is 40.4 Å². The summed E-state index contributed by atoms with van der Waals surface area (Å²) in [5.41, 5.74) is 1.37.